The third-order valence-corrected chi connectivity index (χ3v) is 6.47. The molecule has 4 aromatic rings. The minimum atomic E-state index is -1.05. The molecule has 0 aliphatic rings. The lowest BCUT2D eigenvalue weighted by Gasteiger charge is -2.10. The van der Waals surface area contributed by atoms with E-state index in [1.54, 1.807) is 54.0 Å². The number of hydrogen-bond acceptors (Lipinski definition) is 7. The van der Waals surface area contributed by atoms with Gasteiger partial charge in [0, 0.05) is 33.8 Å². The van der Waals surface area contributed by atoms with Crippen LogP contribution in [0.2, 0.25) is 5.02 Å². The van der Waals surface area contributed by atoms with Gasteiger partial charge in [-0.3, -0.25) is 19.0 Å². The Bertz CT molecular complexity index is 1510. The van der Waals surface area contributed by atoms with Crippen molar-refractivity contribution in [3.63, 3.8) is 0 Å². The largest absolute Gasteiger partial charge is 0.497 e. The van der Waals surface area contributed by atoms with Crippen molar-refractivity contribution in [2.75, 3.05) is 20.3 Å². The van der Waals surface area contributed by atoms with E-state index in [1.165, 1.54) is 31.4 Å². The Morgan fingerprint density at radius 1 is 0.974 bits per heavy atom. The van der Waals surface area contributed by atoms with Gasteiger partial charge in [-0.2, -0.15) is 0 Å². The molecule has 202 valence electrons. The molecule has 0 spiro atoms. The van der Waals surface area contributed by atoms with Crippen molar-refractivity contribution >= 4 is 40.3 Å². The Balaban J connectivity index is 1.56. The first kappa shape index (κ1) is 27.8. The molecule has 10 heteroatoms. The summed E-state index contributed by atoms with van der Waals surface area (Å²) in [5.74, 6) is -0.443. The SMILES string of the molecule is COc1ccc2c(c1)c(CC(=O)Oc1ccc(C(=O)NCC(O)CO)cc1)c(C)n2C(=O)c1ccc(Cl)cc1. The second-order valence-electron chi connectivity index (χ2n) is 8.82. The molecule has 0 aliphatic carbocycles. The number of carbonyl (C=O) groups excluding carboxylic acids is 3. The summed E-state index contributed by atoms with van der Waals surface area (Å²) in [6.07, 6.45) is -1.16. The number of nitrogens with one attached hydrogen (secondary N) is 1. The maximum absolute atomic E-state index is 13.4. The van der Waals surface area contributed by atoms with Crippen molar-refractivity contribution in [2.45, 2.75) is 19.4 Å². The summed E-state index contributed by atoms with van der Waals surface area (Å²) in [6, 6.07) is 17.8. The van der Waals surface area contributed by atoms with Gasteiger partial charge in [0.25, 0.3) is 11.8 Å². The summed E-state index contributed by atoms with van der Waals surface area (Å²) in [6.45, 7) is 1.21. The highest BCUT2D eigenvalue weighted by molar-refractivity contribution is 6.30. The number of fused-ring (bicyclic) bond motifs is 1. The highest BCUT2D eigenvalue weighted by Crippen LogP contribution is 2.31. The molecule has 9 nitrogen and oxygen atoms in total. The molecule has 0 saturated carbocycles. The minimum absolute atomic E-state index is 0.0929. The highest BCUT2D eigenvalue weighted by Gasteiger charge is 2.23. The van der Waals surface area contributed by atoms with E-state index in [0.29, 0.717) is 44.1 Å². The van der Waals surface area contributed by atoms with Crippen molar-refractivity contribution in [3.05, 3.63) is 94.1 Å². The lowest BCUT2D eigenvalue weighted by atomic mass is 10.1. The van der Waals surface area contributed by atoms with Gasteiger partial charge < -0.3 is 25.0 Å². The molecule has 1 aromatic heterocycles. The average Bonchev–Trinajstić information content (AvgIpc) is 3.21. The summed E-state index contributed by atoms with van der Waals surface area (Å²) >= 11 is 5.98. The van der Waals surface area contributed by atoms with E-state index >= 15 is 0 Å². The summed E-state index contributed by atoms with van der Waals surface area (Å²) in [4.78, 5) is 38.6. The Morgan fingerprint density at radius 2 is 1.62 bits per heavy atom. The minimum Gasteiger partial charge on any atom is -0.497 e. The van der Waals surface area contributed by atoms with Gasteiger partial charge in [-0.1, -0.05) is 11.6 Å². The van der Waals surface area contributed by atoms with Gasteiger partial charge >= 0.3 is 5.97 Å². The predicted octanol–water partition coefficient (Wildman–Crippen LogP) is 3.53. The lowest BCUT2D eigenvalue weighted by Crippen LogP contribution is -2.33. The number of hydrogen-bond donors (Lipinski definition) is 3. The van der Waals surface area contributed by atoms with E-state index in [4.69, 9.17) is 26.2 Å². The molecule has 0 fully saturated rings. The fourth-order valence-electron chi connectivity index (χ4n) is 4.16. The maximum atomic E-state index is 13.4. The number of nitrogens with zero attached hydrogens (tertiary/aromatic N) is 1. The number of methoxy groups -OCH3 is 1. The molecule has 0 radical (unpaired) electrons. The van der Waals surface area contributed by atoms with Crippen LogP contribution in [-0.4, -0.2) is 58.9 Å². The number of ether oxygens (including phenoxy) is 2. The quantitative estimate of drug-likeness (QED) is 0.215. The highest BCUT2D eigenvalue weighted by atomic mass is 35.5. The molecule has 0 saturated heterocycles. The number of rotatable bonds is 9. The second kappa shape index (κ2) is 12.1. The van der Waals surface area contributed by atoms with Crippen molar-refractivity contribution in [2.24, 2.45) is 0 Å². The molecule has 1 unspecified atom stereocenters. The van der Waals surface area contributed by atoms with Crippen LogP contribution >= 0.6 is 11.6 Å². The molecule has 4 rings (SSSR count). The van der Waals surface area contributed by atoms with Crippen LogP contribution in [0.4, 0.5) is 0 Å². The topological polar surface area (TPSA) is 127 Å². The van der Waals surface area contributed by atoms with Crippen molar-refractivity contribution in [1.82, 2.24) is 9.88 Å². The van der Waals surface area contributed by atoms with Gasteiger partial charge in [-0.25, -0.2) is 0 Å². The zero-order chi connectivity index (χ0) is 28.1. The molecular weight excluding hydrogens is 524 g/mol. The van der Waals surface area contributed by atoms with Crippen LogP contribution in [0.15, 0.2) is 66.7 Å². The van der Waals surface area contributed by atoms with Crippen LogP contribution in [0.1, 0.15) is 32.0 Å². The van der Waals surface area contributed by atoms with Gasteiger partial charge in [0.2, 0.25) is 0 Å². The Morgan fingerprint density at radius 3 is 2.26 bits per heavy atom. The molecule has 1 amide bonds. The van der Waals surface area contributed by atoms with Crippen molar-refractivity contribution < 1.29 is 34.1 Å². The van der Waals surface area contributed by atoms with Gasteiger partial charge in [-0.15, -0.1) is 0 Å². The Labute approximate surface area is 229 Å². The van der Waals surface area contributed by atoms with Crippen LogP contribution in [0.3, 0.4) is 0 Å². The summed E-state index contributed by atoms with van der Waals surface area (Å²) < 4.78 is 12.4. The first-order chi connectivity index (χ1) is 18.7. The monoisotopic (exact) mass is 550 g/mol. The smallest absolute Gasteiger partial charge is 0.315 e. The number of aromatic nitrogens is 1. The molecule has 3 N–H and O–H groups in total. The van der Waals surface area contributed by atoms with Crippen LogP contribution in [0.25, 0.3) is 10.9 Å². The zero-order valence-electron chi connectivity index (χ0n) is 21.3. The van der Waals surface area contributed by atoms with Crippen LogP contribution in [0.5, 0.6) is 11.5 Å². The number of halogens is 1. The number of amides is 1. The molecule has 3 aromatic carbocycles. The van der Waals surface area contributed by atoms with E-state index in [9.17, 15) is 19.5 Å². The molecule has 39 heavy (non-hydrogen) atoms. The maximum Gasteiger partial charge on any atom is 0.315 e. The lowest BCUT2D eigenvalue weighted by molar-refractivity contribution is -0.133. The van der Waals surface area contributed by atoms with Crippen LogP contribution in [-0.2, 0) is 11.2 Å². The summed E-state index contributed by atoms with van der Waals surface area (Å²) in [7, 11) is 1.54. The van der Waals surface area contributed by atoms with Gasteiger partial charge in [0.1, 0.15) is 11.5 Å². The third kappa shape index (κ3) is 6.28. The third-order valence-electron chi connectivity index (χ3n) is 6.21. The van der Waals surface area contributed by atoms with Crippen LogP contribution in [0, 0.1) is 6.92 Å². The molecule has 0 bridgehead atoms. The number of aliphatic hydroxyl groups excluding tert-OH is 2. The zero-order valence-corrected chi connectivity index (χ0v) is 22.1. The van der Waals surface area contributed by atoms with Crippen molar-refractivity contribution in [3.8, 4) is 11.5 Å². The number of benzene rings is 3. The predicted molar refractivity (Wildman–Crippen MR) is 146 cm³/mol. The number of aliphatic hydroxyl groups is 2. The Kier molecular flexibility index (Phi) is 8.65. The fraction of sp³-hybridized carbons (Fsp3) is 0.207. The van der Waals surface area contributed by atoms with Gasteiger partial charge in [0.15, 0.2) is 0 Å². The van der Waals surface area contributed by atoms with E-state index in [0.717, 1.165) is 0 Å². The standard InChI is InChI=1S/C29H27ClN2O7/c1-17-24(14-27(35)39-22-9-5-18(6-10-22)28(36)31-15-21(34)16-33)25-13-23(38-2)11-12-26(25)32(17)29(37)19-3-7-20(30)8-4-19/h3-13,21,33-34H,14-16H2,1-2H3,(H,31,36). The van der Waals surface area contributed by atoms with Gasteiger partial charge in [-0.05, 0) is 79.2 Å². The molecule has 1 heterocycles. The normalized spacial score (nSPS) is 11.7. The first-order valence-electron chi connectivity index (χ1n) is 12.1. The summed E-state index contributed by atoms with van der Waals surface area (Å²) in [5.41, 5.74) is 2.57. The van der Waals surface area contributed by atoms with Gasteiger partial charge in [0.05, 0.1) is 31.8 Å². The molecule has 0 aliphatic heterocycles. The average molecular weight is 551 g/mol. The van der Waals surface area contributed by atoms with E-state index in [1.807, 2.05) is 0 Å². The fourth-order valence-corrected chi connectivity index (χ4v) is 4.29. The number of esters is 1. The summed E-state index contributed by atoms with van der Waals surface area (Å²) in [5, 5.41) is 21.9. The van der Waals surface area contributed by atoms with E-state index < -0.39 is 24.6 Å². The molecule has 1 atom stereocenters. The van der Waals surface area contributed by atoms with Crippen LogP contribution < -0.4 is 14.8 Å². The van der Waals surface area contributed by atoms with E-state index in [2.05, 4.69) is 5.32 Å². The van der Waals surface area contributed by atoms with Crippen molar-refractivity contribution in [1.29, 1.82) is 0 Å². The van der Waals surface area contributed by atoms with E-state index in [-0.39, 0.29) is 24.6 Å². The molecular formula is C29H27ClN2O7. The first-order valence-corrected chi connectivity index (χ1v) is 12.5. The number of carbonyl (C=O) groups is 3. The Hall–Kier alpha value is -4.18. The second-order valence-corrected chi connectivity index (χ2v) is 9.25.